The van der Waals surface area contributed by atoms with E-state index in [1.807, 2.05) is 60.8 Å². The molecule has 0 atom stereocenters. The van der Waals surface area contributed by atoms with Gasteiger partial charge in [-0.1, -0.05) is 30.3 Å². The third-order valence-corrected chi connectivity index (χ3v) is 6.28. The number of nitrogen functional groups attached to an aromatic ring is 1. The molecule has 6 aromatic rings. The van der Waals surface area contributed by atoms with Gasteiger partial charge in [-0.15, -0.1) is 0 Å². The number of benzene rings is 3. The molecule has 0 saturated carbocycles. The zero-order valence-corrected chi connectivity index (χ0v) is 19.7. The highest BCUT2D eigenvalue weighted by atomic mass is 16.1. The van der Waals surface area contributed by atoms with Crippen molar-refractivity contribution in [3.8, 4) is 11.4 Å². The van der Waals surface area contributed by atoms with E-state index in [-0.39, 0.29) is 17.2 Å². The maximum absolute atomic E-state index is 13.0. The van der Waals surface area contributed by atoms with E-state index in [4.69, 9.17) is 5.73 Å². The number of H-pyrrole nitrogens is 2. The predicted octanol–water partition coefficient (Wildman–Crippen LogP) is 4.89. The number of rotatable bonds is 5. The Kier molecular flexibility index (Phi) is 5.46. The zero-order valence-electron chi connectivity index (χ0n) is 19.7. The van der Waals surface area contributed by atoms with Crippen LogP contribution < -0.4 is 16.6 Å². The van der Waals surface area contributed by atoms with Crippen LogP contribution in [0.2, 0.25) is 0 Å². The lowest BCUT2D eigenvalue weighted by atomic mass is 10.1. The van der Waals surface area contributed by atoms with Crippen molar-refractivity contribution in [2.45, 2.75) is 6.42 Å². The SMILES string of the molecule is Nc1c(-c2nc3ccccc3[nH]c2=O)[nH]c2ccc(C(=O)Nc3ccc(Cc4cccnc4)cc3)cc12. The molecule has 0 saturated heterocycles. The molecule has 5 N–H and O–H groups in total. The van der Waals surface area contributed by atoms with Gasteiger partial charge >= 0.3 is 0 Å². The van der Waals surface area contributed by atoms with Crippen molar-refractivity contribution in [2.24, 2.45) is 0 Å². The number of fused-ring (bicyclic) bond motifs is 2. The number of hydrogen-bond donors (Lipinski definition) is 4. The first-order chi connectivity index (χ1) is 18.0. The zero-order chi connectivity index (χ0) is 25.4. The molecule has 0 fully saturated rings. The van der Waals surface area contributed by atoms with Crippen molar-refractivity contribution in [3.05, 3.63) is 118 Å². The van der Waals surface area contributed by atoms with Crippen LogP contribution in [0.5, 0.6) is 0 Å². The van der Waals surface area contributed by atoms with Crippen LogP contribution in [0.15, 0.2) is 96.1 Å². The van der Waals surface area contributed by atoms with Gasteiger partial charge in [0.05, 0.1) is 22.4 Å². The van der Waals surface area contributed by atoms with Gasteiger partial charge in [0.1, 0.15) is 0 Å². The third-order valence-electron chi connectivity index (χ3n) is 6.28. The van der Waals surface area contributed by atoms with E-state index in [9.17, 15) is 9.59 Å². The first-order valence-corrected chi connectivity index (χ1v) is 11.7. The average Bonchev–Trinajstić information content (AvgIpc) is 3.25. The maximum Gasteiger partial charge on any atom is 0.276 e. The molecule has 0 spiro atoms. The molecular formula is C29H22N6O2. The van der Waals surface area contributed by atoms with E-state index in [1.165, 1.54) is 0 Å². The number of nitrogens with one attached hydrogen (secondary N) is 3. The van der Waals surface area contributed by atoms with Crippen molar-refractivity contribution in [3.63, 3.8) is 0 Å². The summed E-state index contributed by atoms with van der Waals surface area (Å²) in [6.45, 7) is 0. The molecule has 8 heteroatoms. The van der Waals surface area contributed by atoms with Crippen molar-refractivity contribution in [1.82, 2.24) is 19.9 Å². The molecule has 0 radical (unpaired) electrons. The van der Waals surface area contributed by atoms with Crippen molar-refractivity contribution in [2.75, 3.05) is 11.1 Å². The highest BCUT2D eigenvalue weighted by Gasteiger charge is 2.17. The van der Waals surface area contributed by atoms with Crippen LogP contribution in [0.3, 0.4) is 0 Å². The molecular weight excluding hydrogens is 464 g/mol. The van der Waals surface area contributed by atoms with E-state index in [2.05, 4.69) is 25.3 Å². The topological polar surface area (TPSA) is 130 Å². The number of carbonyl (C=O) groups is 1. The summed E-state index contributed by atoms with van der Waals surface area (Å²) in [5, 5.41) is 3.57. The standard InChI is InChI=1S/C29H22N6O2/c30-25-21-15-19(28(36)32-20-10-7-17(8-11-20)14-18-4-3-13-31-16-18)9-12-22(21)33-26(25)27-29(37)35-24-6-2-1-5-23(24)34-27/h1-13,15-16,33H,14,30H2,(H,32,36)(H,35,37). The molecule has 0 bridgehead atoms. The Balaban J connectivity index is 1.25. The number of nitrogens with zero attached hydrogens (tertiary/aromatic N) is 2. The summed E-state index contributed by atoms with van der Waals surface area (Å²) in [4.78, 5) is 40.4. The number of para-hydroxylation sites is 2. The Bertz CT molecular complexity index is 1820. The Morgan fingerprint density at radius 1 is 0.892 bits per heavy atom. The molecule has 3 aromatic carbocycles. The van der Waals surface area contributed by atoms with Crippen molar-refractivity contribution < 1.29 is 4.79 Å². The number of hydrogen-bond acceptors (Lipinski definition) is 5. The van der Waals surface area contributed by atoms with Crippen LogP contribution in [0.1, 0.15) is 21.5 Å². The van der Waals surface area contributed by atoms with E-state index in [0.717, 1.165) is 17.5 Å². The third kappa shape index (κ3) is 4.32. The van der Waals surface area contributed by atoms with Gasteiger partial charge in [0.15, 0.2) is 5.69 Å². The van der Waals surface area contributed by atoms with Crippen molar-refractivity contribution >= 4 is 39.2 Å². The summed E-state index contributed by atoms with van der Waals surface area (Å²) in [6, 6.07) is 24.2. The summed E-state index contributed by atoms with van der Waals surface area (Å²) in [7, 11) is 0. The molecule has 180 valence electrons. The van der Waals surface area contributed by atoms with Gasteiger partial charge in [-0.2, -0.15) is 0 Å². The maximum atomic E-state index is 13.0. The van der Waals surface area contributed by atoms with Crippen LogP contribution in [-0.4, -0.2) is 25.8 Å². The second-order valence-electron chi connectivity index (χ2n) is 8.79. The first kappa shape index (κ1) is 22.2. The summed E-state index contributed by atoms with van der Waals surface area (Å²) in [5.41, 5.74) is 12.4. The first-order valence-electron chi connectivity index (χ1n) is 11.7. The summed E-state index contributed by atoms with van der Waals surface area (Å²) in [6.07, 6.45) is 4.36. The molecule has 1 amide bonds. The summed E-state index contributed by atoms with van der Waals surface area (Å²) < 4.78 is 0. The minimum atomic E-state index is -0.345. The monoisotopic (exact) mass is 486 g/mol. The lowest BCUT2D eigenvalue weighted by Gasteiger charge is -2.07. The van der Waals surface area contributed by atoms with Crippen molar-refractivity contribution in [1.29, 1.82) is 0 Å². The molecule has 3 aromatic heterocycles. The molecule has 0 aliphatic carbocycles. The molecule has 37 heavy (non-hydrogen) atoms. The Morgan fingerprint density at radius 3 is 2.54 bits per heavy atom. The van der Waals surface area contributed by atoms with Crippen LogP contribution in [-0.2, 0) is 6.42 Å². The van der Waals surface area contributed by atoms with E-state index in [1.54, 1.807) is 30.5 Å². The van der Waals surface area contributed by atoms with Gasteiger partial charge in [-0.25, -0.2) is 4.98 Å². The van der Waals surface area contributed by atoms with Gasteiger partial charge in [0, 0.05) is 34.5 Å². The normalized spacial score (nSPS) is 11.1. The van der Waals surface area contributed by atoms with Gasteiger partial charge in [-0.3, -0.25) is 14.6 Å². The minimum absolute atomic E-state index is 0.199. The molecule has 0 aliphatic heterocycles. The Hall–Kier alpha value is -5.24. The molecule has 8 nitrogen and oxygen atoms in total. The lowest BCUT2D eigenvalue weighted by Crippen LogP contribution is -2.12. The number of amides is 1. The molecule has 6 rings (SSSR count). The van der Waals surface area contributed by atoms with E-state index in [0.29, 0.717) is 44.6 Å². The average molecular weight is 487 g/mol. The molecule has 0 aliphatic rings. The van der Waals surface area contributed by atoms with Gasteiger partial charge in [-0.05, 0) is 66.1 Å². The highest BCUT2D eigenvalue weighted by molar-refractivity contribution is 6.09. The smallest absolute Gasteiger partial charge is 0.276 e. The molecule has 3 heterocycles. The van der Waals surface area contributed by atoms with E-state index < -0.39 is 0 Å². The minimum Gasteiger partial charge on any atom is -0.396 e. The largest absolute Gasteiger partial charge is 0.396 e. The second kappa shape index (κ2) is 9.09. The molecule has 0 unspecified atom stereocenters. The predicted molar refractivity (Wildman–Crippen MR) is 146 cm³/mol. The summed E-state index contributed by atoms with van der Waals surface area (Å²) in [5.74, 6) is -0.259. The second-order valence-corrected chi connectivity index (χ2v) is 8.79. The fraction of sp³-hybridized carbons (Fsp3) is 0.0345. The number of aromatic nitrogens is 4. The lowest BCUT2D eigenvalue weighted by molar-refractivity contribution is 0.102. The van der Waals surface area contributed by atoms with Crippen LogP contribution >= 0.6 is 0 Å². The Morgan fingerprint density at radius 2 is 1.73 bits per heavy atom. The fourth-order valence-corrected chi connectivity index (χ4v) is 4.39. The number of pyridine rings is 1. The number of nitrogens with two attached hydrogens (primary N) is 1. The highest BCUT2D eigenvalue weighted by Crippen LogP contribution is 2.31. The Labute approximate surface area is 211 Å². The van der Waals surface area contributed by atoms with Gasteiger partial charge in [0.2, 0.25) is 0 Å². The summed E-state index contributed by atoms with van der Waals surface area (Å²) >= 11 is 0. The quantitative estimate of drug-likeness (QED) is 0.276. The fourth-order valence-electron chi connectivity index (χ4n) is 4.39. The van der Waals surface area contributed by atoms with Gasteiger partial charge < -0.3 is 21.0 Å². The van der Waals surface area contributed by atoms with E-state index >= 15 is 0 Å². The number of anilines is 2. The van der Waals surface area contributed by atoms with Gasteiger partial charge in [0.25, 0.3) is 11.5 Å². The number of aromatic amines is 2. The van der Waals surface area contributed by atoms with Crippen LogP contribution in [0, 0.1) is 0 Å². The van der Waals surface area contributed by atoms with Crippen LogP contribution in [0.4, 0.5) is 11.4 Å². The van der Waals surface area contributed by atoms with Crippen LogP contribution in [0.25, 0.3) is 33.3 Å². The number of carbonyl (C=O) groups excluding carboxylic acids is 1.